The minimum Gasteiger partial charge on any atom is -0.409 e. The third-order valence-corrected chi connectivity index (χ3v) is 3.92. The zero-order valence-electron chi connectivity index (χ0n) is 12.2. The summed E-state index contributed by atoms with van der Waals surface area (Å²) in [6.45, 7) is 8.71. The van der Waals surface area contributed by atoms with E-state index in [1.54, 1.807) is 0 Å². The van der Waals surface area contributed by atoms with E-state index in [1.165, 1.54) is 0 Å². The van der Waals surface area contributed by atoms with Crippen LogP contribution in [0.1, 0.15) is 20.3 Å². The van der Waals surface area contributed by atoms with E-state index in [2.05, 4.69) is 38.4 Å². The van der Waals surface area contributed by atoms with Gasteiger partial charge in [-0.05, 0) is 13.3 Å². The van der Waals surface area contributed by atoms with Gasteiger partial charge < -0.3 is 20.4 Å². The predicted octanol–water partition coefficient (Wildman–Crippen LogP) is 0.550. The van der Waals surface area contributed by atoms with Crippen molar-refractivity contribution in [2.24, 2.45) is 10.9 Å². The van der Waals surface area contributed by atoms with E-state index >= 15 is 0 Å². The van der Waals surface area contributed by atoms with Crippen LogP contribution in [0.2, 0.25) is 0 Å². The first-order valence-corrected chi connectivity index (χ1v) is 7.18. The molecule has 2 heterocycles. The van der Waals surface area contributed by atoms with E-state index in [4.69, 9.17) is 10.9 Å². The molecule has 0 aliphatic carbocycles. The number of hydrogen-bond donors (Lipinski definition) is 2. The molecule has 112 valence electrons. The fourth-order valence-electron chi connectivity index (χ4n) is 2.79. The van der Waals surface area contributed by atoms with Crippen LogP contribution in [0.5, 0.6) is 0 Å². The highest BCUT2D eigenvalue weighted by molar-refractivity contribution is 5.85. The van der Waals surface area contributed by atoms with Crippen LogP contribution in [0.15, 0.2) is 17.5 Å². The minimum absolute atomic E-state index is 0.0214. The van der Waals surface area contributed by atoms with Gasteiger partial charge in [0.25, 0.3) is 0 Å². The number of rotatable bonds is 5. The van der Waals surface area contributed by atoms with E-state index in [0.717, 1.165) is 45.1 Å². The number of oxime groups is 1. The zero-order chi connectivity index (χ0) is 14.5. The highest BCUT2D eigenvalue weighted by Crippen LogP contribution is 2.16. The molecule has 1 fully saturated rings. The third kappa shape index (κ3) is 2.87. The molecule has 1 aromatic rings. The van der Waals surface area contributed by atoms with Crippen molar-refractivity contribution in [3.63, 3.8) is 0 Å². The van der Waals surface area contributed by atoms with Crippen LogP contribution >= 0.6 is 0 Å². The smallest absolute Gasteiger partial charge is 0.205 e. The van der Waals surface area contributed by atoms with Crippen molar-refractivity contribution >= 4 is 11.8 Å². The molecule has 0 aromatic carbocycles. The van der Waals surface area contributed by atoms with E-state index in [-0.39, 0.29) is 6.04 Å². The lowest BCUT2D eigenvalue weighted by atomic mass is 10.1. The number of imidazole rings is 1. The lowest BCUT2D eigenvalue weighted by molar-refractivity contribution is 0.215. The van der Waals surface area contributed by atoms with E-state index < -0.39 is 0 Å². The van der Waals surface area contributed by atoms with Crippen LogP contribution in [0.3, 0.4) is 0 Å². The quantitative estimate of drug-likeness (QED) is 0.356. The number of hydrogen-bond acceptors (Lipinski definition) is 5. The molecule has 1 unspecified atom stereocenters. The molecule has 3 N–H and O–H groups in total. The molecular weight excluding hydrogens is 256 g/mol. The predicted molar refractivity (Wildman–Crippen MR) is 79.2 cm³/mol. The summed E-state index contributed by atoms with van der Waals surface area (Å²) in [6.07, 6.45) is 4.70. The Morgan fingerprint density at radius 3 is 2.65 bits per heavy atom. The summed E-state index contributed by atoms with van der Waals surface area (Å²) >= 11 is 0. The van der Waals surface area contributed by atoms with Crippen LogP contribution in [-0.4, -0.2) is 57.7 Å². The molecule has 1 aliphatic rings. The van der Waals surface area contributed by atoms with Crippen LogP contribution < -0.4 is 10.6 Å². The van der Waals surface area contributed by atoms with Crippen LogP contribution in [0.25, 0.3) is 0 Å². The number of anilines is 1. The first-order chi connectivity index (χ1) is 9.71. The van der Waals surface area contributed by atoms with E-state index in [9.17, 15) is 0 Å². The van der Waals surface area contributed by atoms with Crippen molar-refractivity contribution in [1.29, 1.82) is 0 Å². The zero-order valence-corrected chi connectivity index (χ0v) is 12.2. The lowest BCUT2D eigenvalue weighted by Crippen LogP contribution is -2.54. The maximum atomic E-state index is 8.85. The maximum absolute atomic E-state index is 8.85. The van der Waals surface area contributed by atoms with E-state index in [1.807, 2.05) is 12.4 Å². The Balaban J connectivity index is 1.98. The standard InChI is InChI=1S/C13H24N6O/c1-3-11(12(14)16-20)18-7-9-19(10-8-18)13-15-5-6-17(13)4-2/h5-6,11,20H,3-4,7-10H2,1-2H3,(H2,14,16). The fourth-order valence-corrected chi connectivity index (χ4v) is 2.79. The SMILES string of the molecule is CCC(C(N)=NO)N1CCN(c2nccn2CC)CC1. The molecule has 0 radical (unpaired) electrons. The Hall–Kier alpha value is -1.76. The van der Waals surface area contributed by atoms with Crippen molar-refractivity contribution in [3.8, 4) is 0 Å². The molecule has 0 saturated carbocycles. The number of aryl methyl sites for hydroxylation is 1. The monoisotopic (exact) mass is 280 g/mol. The number of amidine groups is 1. The van der Waals surface area contributed by atoms with Gasteiger partial charge in [-0.15, -0.1) is 0 Å². The average molecular weight is 280 g/mol. The Morgan fingerprint density at radius 2 is 2.10 bits per heavy atom. The molecule has 1 saturated heterocycles. The molecular formula is C13H24N6O. The van der Waals surface area contributed by atoms with Gasteiger partial charge in [0, 0.05) is 45.1 Å². The van der Waals surface area contributed by atoms with Gasteiger partial charge in [0.15, 0.2) is 5.84 Å². The first kappa shape index (κ1) is 14.6. The average Bonchev–Trinajstić information content (AvgIpc) is 2.97. The van der Waals surface area contributed by atoms with Gasteiger partial charge in [0.1, 0.15) is 0 Å². The van der Waals surface area contributed by atoms with Crippen molar-refractivity contribution in [2.45, 2.75) is 32.9 Å². The van der Waals surface area contributed by atoms with Gasteiger partial charge >= 0.3 is 0 Å². The minimum atomic E-state index is 0.0214. The summed E-state index contributed by atoms with van der Waals surface area (Å²) in [5.74, 6) is 1.33. The second kappa shape index (κ2) is 6.60. The summed E-state index contributed by atoms with van der Waals surface area (Å²) < 4.78 is 2.15. The Morgan fingerprint density at radius 1 is 1.40 bits per heavy atom. The van der Waals surface area contributed by atoms with Crippen molar-refractivity contribution < 1.29 is 5.21 Å². The van der Waals surface area contributed by atoms with Gasteiger partial charge in [-0.3, -0.25) is 4.90 Å². The van der Waals surface area contributed by atoms with Gasteiger partial charge in [0.05, 0.1) is 6.04 Å². The largest absolute Gasteiger partial charge is 0.409 e. The number of nitrogens with two attached hydrogens (primary N) is 1. The Bertz CT molecular complexity index is 449. The highest BCUT2D eigenvalue weighted by atomic mass is 16.4. The summed E-state index contributed by atoms with van der Waals surface area (Å²) in [7, 11) is 0. The normalized spacial score (nSPS) is 19.3. The number of aromatic nitrogens is 2. The summed E-state index contributed by atoms with van der Waals surface area (Å²) in [6, 6.07) is 0.0214. The topological polar surface area (TPSA) is 82.9 Å². The molecule has 20 heavy (non-hydrogen) atoms. The maximum Gasteiger partial charge on any atom is 0.205 e. The van der Waals surface area contributed by atoms with Crippen molar-refractivity contribution in [1.82, 2.24) is 14.5 Å². The first-order valence-electron chi connectivity index (χ1n) is 7.18. The van der Waals surface area contributed by atoms with Crippen LogP contribution in [0, 0.1) is 0 Å². The second-order valence-corrected chi connectivity index (χ2v) is 4.99. The van der Waals surface area contributed by atoms with Gasteiger partial charge in [-0.2, -0.15) is 0 Å². The van der Waals surface area contributed by atoms with Gasteiger partial charge in [-0.25, -0.2) is 4.98 Å². The summed E-state index contributed by atoms with van der Waals surface area (Å²) in [5, 5.41) is 12.0. The number of piperazine rings is 1. The molecule has 7 nitrogen and oxygen atoms in total. The van der Waals surface area contributed by atoms with Crippen LogP contribution in [0.4, 0.5) is 5.95 Å². The third-order valence-electron chi connectivity index (χ3n) is 3.92. The van der Waals surface area contributed by atoms with Gasteiger partial charge in [0.2, 0.25) is 5.95 Å². The summed E-state index contributed by atoms with van der Waals surface area (Å²) in [4.78, 5) is 8.99. The Labute approximate surface area is 119 Å². The molecule has 0 amide bonds. The molecule has 0 bridgehead atoms. The van der Waals surface area contributed by atoms with Gasteiger partial charge in [-0.1, -0.05) is 12.1 Å². The molecule has 1 atom stereocenters. The molecule has 0 spiro atoms. The Kier molecular flexibility index (Phi) is 4.84. The highest BCUT2D eigenvalue weighted by Gasteiger charge is 2.26. The molecule has 7 heteroatoms. The van der Waals surface area contributed by atoms with Crippen LogP contribution in [-0.2, 0) is 6.54 Å². The summed E-state index contributed by atoms with van der Waals surface area (Å²) in [5.41, 5.74) is 5.76. The molecule has 1 aromatic heterocycles. The van der Waals surface area contributed by atoms with Crippen molar-refractivity contribution in [2.75, 3.05) is 31.1 Å². The van der Waals surface area contributed by atoms with E-state index in [0.29, 0.717) is 5.84 Å². The lowest BCUT2D eigenvalue weighted by Gasteiger charge is -2.38. The molecule has 2 rings (SSSR count). The fraction of sp³-hybridized carbons (Fsp3) is 0.692. The number of nitrogens with zero attached hydrogens (tertiary/aromatic N) is 5. The van der Waals surface area contributed by atoms with Crippen molar-refractivity contribution in [3.05, 3.63) is 12.4 Å². The molecule has 1 aliphatic heterocycles. The second-order valence-electron chi connectivity index (χ2n) is 4.99.